The number of methoxy groups -OCH3 is 1. The van der Waals surface area contributed by atoms with Crippen LogP contribution in [0.1, 0.15) is 19.8 Å². The summed E-state index contributed by atoms with van der Waals surface area (Å²) in [5.41, 5.74) is 1.25. The Kier molecular flexibility index (Phi) is 7.94. The molecule has 2 amide bonds. The van der Waals surface area contributed by atoms with Crippen LogP contribution in [0, 0.1) is 11.8 Å². The first-order valence-corrected chi connectivity index (χ1v) is 11.2. The van der Waals surface area contributed by atoms with Gasteiger partial charge in [-0.15, -0.1) is 11.8 Å². The SMILES string of the molecule is COc1ccc(NC(=O)C(C)Sc2cccc(NC(=O)C3CC=CCC3C(=O)O)c2)cc1. The van der Waals surface area contributed by atoms with Crippen molar-refractivity contribution in [2.75, 3.05) is 17.7 Å². The van der Waals surface area contributed by atoms with E-state index in [1.807, 2.05) is 12.1 Å². The molecule has 0 fully saturated rings. The van der Waals surface area contributed by atoms with E-state index in [2.05, 4.69) is 10.6 Å². The summed E-state index contributed by atoms with van der Waals surface area (Å²) < 4.78 is 5.12. The average Bonchev–Trinajstić information content (AvgIpc) is 2.79. The highest BCUT2D eigenvalue weighted by Crippen LogP contribution is 2.30. The van der Waals surface area contributed by atoms with Gasteiger partial charge >= 0.3 is 5.97 Å². The molecule has 0 radical (unpaired) electrons. The van der Waals surface area contributed by atoms with E-state index in [1.165, 1.54) is 11.8 Å². The Bertz CT molecular complexity index is 1010. The highest BCUT2D eigenvalue weighted by molar-refractivity contribution is 8.00. The molecule has 0 spiro atoms. The summed E-state index contributed by atoms with van der Waals surface area (Å²) in [5, 5.41) is 14.7. The number of ether oxygens (including phenoxy) is 1. The highest BCUT2D eigenvalue weighted by Gasteiger charge is 2.34. The van der Waals surface area contributed by atoms with Crippen LogP contribution < -0.4 is 15.4 Å². The maximum atomic E-state index is 12.7. The number of aliphatic carboxylic acids is 1. The number of nitrogens with one attached hydrogen (secondary N) is 2. The van der Waals surface area contributed by atoms with Gasteiger partial charge in [0.15, 0.2) is 0 Å². The third kappa shape index (κ3) is 6.13. The lowest BCUT2D eigenvalue weighted by molar-refractivity contribution is -0.146. The van der Waals surface area contributed by atoms with Crippen LogP contribution in [-0.2, 0) is 14.4 Å². The standard InChI is InChI=1S/C24H26N2O5S/c1-15(22(27)25-16-10-12-18(31-2)13-11-16)32-19-7-5-6-17(14-19)26-23(28)20-8-3-4-9-21(20)24(29)30/h3-7,10-15,20-21H,8-9H2,1-2H3,(H,25,27)(H,26,28)(H,29,30). The van der Waals surface area contributed by atoms with Crippen LogP contribution in [0.15, 0.2) is 65.6 Å². The summed E-state index contributed by atoms with van der Waals surface area (Å²) in [5.74, 6) is -2.04. The maximum absolute atomic E-state index is 12.7. The van der Waals surface area contributed by atoms with Crippen molar-refractivity contribution in [1.29, 1.82) is 0 Å². The number of hydrogen-bond acceptors (Lipinski definition) is 5. The number of carbonyl (C=O) groups is 3. The Hall–Kier alpha value is -3.26. The Morgan fingerprint density at radius 2 is 1.69 bits per heavy atom. The molecule has 1 aliphatic carbocycles. The normalized spacial score (nSPS) is 18.4. The molecule has 3 rings (SSSR count). The number of thioether (sulfide) groups is 1. The fraction of sp³-hybridized carbons (Fsp3) is 0.292. The van der Waals surface area contributed by atoms with Gasteiger partial charge in [0.1, 0.15) is 5.75 Å². The van der Waals surface area contributed by atoms with Crippen molar-refractivity contribution < 1.29 is 24.2 Å². The molecule has 2 aromatic carbocycles. The molecule has 3 atom stereocenters. The van der Waals surface area contributed by atoms with E-state index in [1.54, 1.807) is 62.6 Å². The third-order valence-corrected chi connectivity index (χ3v) is 6.32. The number of carboxylic acids is 1. The number of anilines is 2. The van der Waals surface area contributed by atoms with Gasteiger partial charge in [-0.3, -0.25) is 14.4 Å². The van der Waals surface area contributed by atoms with Crippen LogP contribution in [-0.4, -0.2) is 35.2 Å². The number of hydrogen-bond donors (Lipinski definition) is 3. The van der Waals surface area contributed by atoms with Crippen molar-refractivity contribution in [2.24, 2.45) is 11.8 Å². The average molecular weight is 455 g/mol. The number of rotatable bonds is 8. The lowest BCUT2D eigenvalue weighted by Crippen LogP contribution is -2.34. The van der Waals surface area contributed by atoms with E-state index in [-0.39, 0.29) is 17.1 Å². The van der Waals surface area contributed by atoms with Crippen molar-refractivity contribution >= 4 is 40.9 Å². The van der Waals surface area contributed by atoms with Gasteiger partial charge in [-0.25, -0.2) is 0 Å². The minimum absolute atomic E-state index is 0.145. The van der Waals surface area contributed by atoms with Crippen LogP contribution >= 0.6 is 11.8 Å². The zero-order valence-corrected chi connectivity index (χ0v) is 18.7. The molecule has 0 aliphatic heterocycles. The summed E-state index contributed by atoms with van der Waals surface area (Å²) in [4.78, 5) is 37.5. The molecule has 0 saturated heterocycles. The van der Waals surface area contributed by atoms with E-state index in [9.17, 15) is 19.5 Å². The number of allylic oxidation sites excluding steroid dienone is 2. The van der Waals surface area contributed by atoms with Crippen molar-refractivity contribution in [3.05, 3.63) is 60.7 Å². The number of benzene rings is 2. The van der Waals surface area contributed by atoms with E-state index >= 15 is 0 Å². The number of carboxylic acid groups (broad SMARTS) is 1. The first-order valence-electron chi connectivity index (χ1n) is 10.3. The quantitative estimate of drug-likeness (QED) is 0.403. The van der Waals surface area contributed by atoms with Gasteiger partial charge in [0.2, 0.25) is 11.8 Å². The predicted molar refractivity (Wildman–Crippen MR) is 125 cm³/mol. The second-order valence-corrected chi connectivity index (χ2v) is 8.90. The lowest BCUT2D eigenvalue weighted by Gasteiger charge is -2.24. The highest BCUT2D eigenvalue weighted by atomic mass is 32.2. The van der Waals surface area contributed by atoms with Gasteiger partial charge < -0.3 is 20.5 Å². The summed E-state index contributed by atoms with van der Waals surface area (Å²) in [6.45, 7) is 1.81. The summed E-state index contributed by atoms with van der Waals surface area (Å²) in [7, 11) is 1.58. The first kappa shape index (κ1) is 23.4. The molecule has 8 heteroatoms. The van der Waals surface area contributed by atoms with Gasteiger partial charge in [0.05, 0.1) is 24.2 Å². The van der Waals surface area contributed by atoms with Gasteiger partial charge in [0, 0.05) is 16.3 Å². The topological polar surface area (TPSA) is 105 Å². The molecule has 3 N–H and O–H groups in total. The fourth-order valence-electron chi connectivity index (χ4n) is 3.43. The molecule has 7 nitrogen and oxygen atoms in total. The molecule has 168 valence electrons. The van der Waals surface area contributed by atoms with Crippen LogP contribution in [0.4, 0.5) is 11.4 Å². The molecule has 3 unspecified atom stereocenters. The van der Waals surface area contributed by atoms with E-state index in [0.29, 0.717) is 30.0 Å². The van der Waals surface area contributed by atoms with E-state index < -0.39 is 17.8 Å². The van der Waals surface area contributed by atoms with Gasteiger partial charge in [-0.2, -0.15) is 0 Å². The zero-order chi connectivity index (χ0) is 23.1. The van der Waals surface area contributed by atoms with E-state index in [4.69, 9.17) is 4.74 Å². The van der Waals surface area contributed by atoms with E-state index in [0.717, 1.165) is 4.90 Å². The summed E-state index contributed by atoms with van der Waals surface area (Å²) in [6.07, 6.45) is 4.40. The van der Waals surface area contributed by atoms with Gasteiger partial charge in [-0.1, -0.05) is 18.2 Å². The van der Waals surface area contributed by atoms with Crippen LogP contribution in [0.25, 0.3) is 0 Å². The van der Waals surface area contributed by atoms with Crippen LogP contribution in [0.3, 0.4) is 0 Å². The molecule has 0 heterocycles. The van der Waals surface area contributed by atoms with Crippen molar-refractivity contribution in [1.82, 2.24) is 0 Å². The molecule has 0 aromatic heterocycles. The minimum Gasteiger partial charge on any atom is -0.497 e. The maximum Gasteiger partial charge on any atom is 0.307 e. The molecule has 32 heavy (non-hydrogen) atoms. The Morgan fingerprint density at radius 1 is 1.00 bits per heavy atom. The molecule has 0 saturated carbocycles. The zero-order valence-electron chi connectivity index (χ0n) is 17.9. The number of amides is 2. The molecule has 1 aliphatic rings. The minimum atomic E-state index is -0.962. The second kappa shape index (κ2) is 10.9. The fourth-order valence-corrected chi connectivity index (χ4v) is 4.36. The van der Waals surface area contributed by atoms with Crippen molar-refractivity contribution in [3.63, 3.8) is 0 Å². The van der Waals surface area contributed by atoms with Crippen molar-refractivity contribution in [2.45, 2.75) is 29.9 Å². The summed E-state index contributed by atoms with van der Waals surface area (Å²) >= 11 is 1.37. The Morgan fingerprint density at radius 3 is 2.34 bits per heavy atom. The predicted octanol–water partition coefficient (Wildman–Crippen LogP) is 4.42. The third-order valence-electron chi connectivity index (χ3n) is 5.23. The monoisotopic (exact) mass is 454 g/mol. The largest absolute Gasteiger partial charge is 0.497 e. The molecule has 2 aromatic rings. The van der Waals surface area contributed by atoms with Crippen molar-refractivity contribution in [3.8, 4) is 5.75 Å². The molecular weight excluding hydrogens is 428 g/mol. The molecular formula is C24H26N2O5S. The first-order chi connectivity index (χ1) is 15.4. The Balaban J connectivity index is 1.60. The lowest BCUT2D eigenvalue weighted by atomic mass is 9.82. The molecule has 0 bridgehead atoms. The second-order valence-electron chi connectivity index (χ2n) is 7.49. The van der Waals surface area contributed by atoms with Gasteiger partial charge in [-0.05, 0) is 62.2 Å². The Labute approximate surface area is 191 Å². The van der Waals surface area contributed by atoms with Crippen LogP contribution in [0.2, 0.25) is 0 Å². The van der Waals surface area contributed by atoms with Crippen LogP contribution in [0.5, 0.6) is 5.75 Å². The number of carbonyl (C=O) groups excluding carboxylic acids is 2. The van der Waals surface area contributed by atoms with Gasteiger partial charge in [0.25, 0.3) is 0 Å². The summed E-state index contributed by atoms with van der Waals surface area (Å²) in [6, 6.07) is 14.3. The smallest absolute Gasteiger partial charge is 0.307 e.